The molecule has 0 bridgehead atoms. The molecule has 1 amide bonds. The van der Waals surface area contributed by atoms with Gasteiger partial charge in [-0.05, 0) is 42.5 Å². The van der Waals surface area contributed by atoms with Crippen molar-refractivity contribution in [2.45, 2.75) is 6.54 Å². The number of nitrogens with two attached hydrogens (primary N) is 1. The van der Waals surface area contributed by atoms with Crippen LogP contribution in [0.4, 0.5) is 10.1 Å². The van der Waals surface area contributed by atoms with E-state index < -0.39 is 5.91 Å². The van der Waals surface area contributed by atoms with Crippen LogP contribution in [0.25, 0.3) is 0 Å². The van der Waals surface area contributed by atoms with Crippen LogP contribution in [0.3, 0.4) is 0 Å². The first-order valence-corrected chi connectivity index (χ1v) is 6.02. The molecule has 0 saturated carbocycles. The van der Waals surface area contributed by atoms with Crippen LogP contribution in [-0.2, 0) is 6.54 Å². The predicted octanol–water partition coefficient (Wildman–Crippen LogP) is 3.19. The van der Waals surface area contributed by atoms with E-state index in [1.165, 1.54) is 12.1 Å². The number of benzene rings is 2. The summed E-state index contributed by atoms with van der Waals surface area (Å²) >= 11 is 5.81. The van der Waals surface area contributed by atoms with Gasteiger partial charge in [0.25, 0.3) is 0 Å². The van der Waals surface area contributed by atoms with E-state index in [0.29, 0.717) is 22.7 Å². The van der Waals surface area contributed by atoms with Crippen LogP contribution in [0, 0.1) is 5.82 Å². The smallest absolute Gasteiger partial charge is 0.248 e. The van der Waals surface area contributed by atoms with Gasteiger partial charge in [0.2, 0.25) is 5.91 Å². The summed E-state index contributed by atoms with van der Waals surface area (Å²) in [6.45, 7) is 0.308. The summed E-state index contributed by atoms with van der Waals surface area (Å²) in [5.41, 5.74) is 6.82. The first kappa shape index (κ1) is 13.4. The molecule has 0 aliphatic carbocycles. The summed E-state index contributed by atoms with van der Waals surface area (Å²) in [6.07, 6.45) is 0. The van der Waals surface area contributed by atoms with Crippen LogP contribution < -0.4 is 11.1 Å². The molecule has 0 heterocycles. The molecule has 2 aromatic carbocycles. The summed E-state index contributed by atoms with van der Waals surface area (Å²) < 4.78 is 13.5. The van der Waals surface area contributed by atoms with E-state index in [1.807, 2.05) is 0 Å². The summed E-state index contributed by atoms with van der Waals surface area (Å²) in [5.74, 6) is -0.793. The molecule has 2 rings (SSSR count). The molecule has 0 fully saturated rings. The maximum Gasteiger partial charge on any atom is 0.248 e. The molecule has 0 unspecified atom stereocenters. The molecule has 3 nitrogen and oxygen atoms in total. The third-order valence-electron chi connectivity index (χ3n) is 2.66. The number of carbonyl (C=O) groups is 1. The van der Waals surface area contributed by atoms with Gasteiger partial charge in [0.15, 0.2) is 0 Å². The molecular formula is C14H12ClFN2O. The second-order valence-electron chi connectivity index (χ2n) is 4.03. The molecule has 0 atom stereocenters. The Labute approximate surface area is 115 Å². The summed E-state index contributed by atoms with van der Waals surface area (Å²) in [7, 11) is 0. The zero-order valence-corrected chi connectivity index (χ0v) is 10.7. The number of carbonyl (C=O) groups excluding carboxylic acids is 1. The molecule has 0 aromatic heterocycles. The Morgan fingerprint density at radius 3 is 2.53 bits per heavy atom. The maximum atomic E-state index is 13.5. The molecule has 0 radical (unpaired) electrons. The zero-order valence-electron chi connectivity index (χ0n) is 9.99. The molecule has 19 heavy (non-hydrogen) atoms. The summed E-state index contributed by atoms with van der Waals surface area (Å²) in [4.78, 5) is 10.9. The number of amides is 1. The van der Waals surface area contributed by atoms with Crippen LogP contribution in [0.15, 0.2) is 42.5 Å². The third kappa shape index (κ3) is 3.45. The number of rotatable bonds is 4. The van der Waals surface area contributed by atoms with Crippen molar-refractivity contribution in [1.29, 1.82) is 0 Å². The van der Waals surface area contributed by atoms with Crippen molar-refractivity contribution in [3.8, 4) is 0 Å². The van der Waals surface area contributed by atoms with E-state index in [1.54, 1.807) is 30.3 Å². The largest absolute Gasteiger partial charge is 0.381 e. The molecule has 5 heteroatoms. The minimum Gasteiger partial charge on any atom is -0.381 e. The van der Waals surface area contributed by atoms with Gasteiger partial charge in [-0.3, -0.25) is 4.79 Å². The Morgan fingerprint density at radius 1 is 1.21 bits per heavy atom. The second kappa shape index (κ2) is 5.71. The van der Waals surface area contributed by atoms with Crippen LogP contribution in [-0.4, -0.2) is 5.91 Å². The SMILES string of the molecule is NC(=O)c1ccc(NCc2cc(Cl)ccc2F)cc1. The lowest BCUT2D eigenvalue weighted by molar-refractivity contribution is 0.100. The van der Waals surface area contributed by atoms with Gasteiger partial charge in [-0.1, -0.05) is 11.6 Å². The monoisotopic (exact) mass is 278 g/mol. The fraction of sp³-hybridized carbons (Fsp3) is 0.0714. The van der Waals surface area contributed by atoms with Gasteiger partial charge in [-0.25, -0.2) is 4.39 Å². The molecular weight excluding hydrogens is 267 g/mol. The van der Waals surface area contributed by atoms with Crippen LogP contribution in [0.2, 0.25) is 5.02 Å². The quantitative estimate of drug-likeness (QED) is 0.902. The first-order chi connectivity index (χ1) is 9.06. The van der Waals surface area contributed by atoms with Crippen molar-refractivity contribution in [2.24, 2.45) is 5.73 Å². The van der Waals surface area contributed by atoms with E-state index in [9.17, 15) is 9.18 Å². The first-order valence-electron chi connectivity index (χ1n) is 5.64. The Morgan fingerprint density at radius 2 is 1.89 bits per heavy atom. The van der Waals surface area contributed by atoms with E-state index in [0.717, 1.165) is 5.69 Å². The van der Waals surface area contributed by atoms with E-state index in [2.05, 4.69) is 5.32 Å². The topological polar surface area (TPSA) is 55.1 Å². The molecule has 0 spiro atoms. The second-order valence-corrected chi connectivity index (χ2v) is 4.47. The lowest BCUT2D eigenvalue weighted by Crippen LogP contribution is -2.10. The van der Waals surface area contributed by atoms with Crippen molar-refractivity contribution in [1.82, 2.24) is 0 Å². The molecule has 0 saturated heterocycles. The number of hydrogen-bond acceptors (Lipinski definition) is 2. The van der Waals surface area contributed by atoms with Gasteiger partial charge >= 0.3 is 0 Å². The number of primary amides is 1. The lowest BCUT2D eigenvalue weighted by Gasteiger charge is -2.08. The fourth-order valence-corrected chi connectivity index (χ4v) is 1.82. The minimum atomic E-state index is -0.479. The normalized spacial score (nSPS) is 10.2. The van der Waals surface area contributed by atoms with E-state index >= 15 is 0 Å². The van der Waals surface area contributed by atoms with Gasteiger partial charge in [0.1, 0.15) is 5.82 Å². The highest BCUT2D eigenvalue weighted by Crippen LogP contribution is 2.17. The highest BCUT2D eigenvalue weighted by atomic mass is 35.5. The number of hydrogen-bond donors (Lipinski definition) is 2. The number of halogens is 2. The molecule has 0 aliphatic heterocycles. The Hall–Kier alpha value is -2.07. The number of anilines is 1. The van der Waals surface area contributed by atoms with Gasteiger partial charge < -0.3 is 11.1 Å². The average molecular weight is 279 g/mol. The van der Waals surface area contributed by atoms with Crippen molar-refractivity contribution in [3.63, 3.8) is 0 Å². The van der Waals surface area contributed by atoms with Crippen LogP contribution in [0.1, 0.15) is 15.9 Å². The van der Waals surface area contributed by atoms with Gasteiger partial charge in [0, 0.05) is 28.4 Å². The average Bonchev–Trinajstić information content (AvgIpc) is 2.40. The Kier molecular flexibility index (Phi) is 4.02. The summed E-state index contributed by atoms with van der Waals surface area (Å²) in [6, 6.07) is 11.0. The fourth-order valence-electron chi connectivity index (χ4n) is 1.63. The summed E-state index contributed by atoms with van der Waals surface area (Å²) in [5, 5.41) is 3.53. The van der Waals surface area contributed by atoms with Gasteiger partial charge in [-0.15, -0.1) is 0 Å². The van der Waals surface area contributed by atoms with E-state index in [4.69, 9.17) is 17.3 Å². The highest BCUT2D eigenvalue weighted by Gasteiger charge is 2.03. The Bertz CT molecular complexity index is 599. The van der Waals surface area contributed by atoms with Crippen LogP contribution in [0.5, 0.6) is 0 Å². The lowest BCUT2D eigenvalue weighted by atomic mass is 10.2. The minimum absolute atomic E-state index is 0.308. The van der Waals surface area contributed by atoms with Crippen molar-refractivity contribution in [2.75, 3.05) is 5.32 Å². The third-order valence-corrected chi connectivity index (χ3v) is 2.90. The van der Waals surface area contributed by atoms with Gasteiger partial charge in [-0.2, -0.15) is 0 Å². The molecule has 2 aromatic rings. The van der Waals surface area contributed by atoms with Crippen LogP contribution >= 0.6 is 11.6 Å². The van der Waals surface area contributed by atoms with E-state index in [-0.39, 0.29) is 5.82 Å². The highest BCUT2D eigenvalue weighted by molar-refractivity contribution is 6.30. The van der Waals surface area contributed by atoms with Crippen molar-refractivity contribution in [3.05, 3.63) is 64.4 Å². The predicted molar refractivity (Wildman–Crippen MR) is 73.7 cm³/mol. The zero-order chi connectivity index (χ0) is 13.8. The Balaban J connectivity index is 2.06. The molecule has 0 aliphatic rings. The van der Waals surface area contributed by atoms with Crippen molar-refractivity contribution < 1.29 is 9.18 Å². The standard InChI is InChI=1S/C14H12ClFN2O/c15-11-3-6-13(16)10(7-11)8-18-12-4-1-9(2-5-12)14(17)19/h1-7,18H,8H2,(H2,17,19). The molecule has 3 N–H and O–H groups in total. The molecule has 98 valence electrons. The van der Waals surface area contributed by atoms with Gasteiger partial charge in [0.05, 0.1) is 0 Å². The van der Waals surface area contributed by atoms with Crippen molar-refractivity contribution >= 4 is 23.2 Å². The maximum absolute atomic E-state index is 13.5. The number of nitrogens with one attached hydrogen (secondary N) is 1.